The zero-order valence-corrected chi connectivity index (χ0v) is 18.8. The normalized spacial score (nSPS) is 15.4. The Labute approximate surface area is 196 Å². The second kappa shape index (κ2) is 9.30. The number of anilines is 2. The molecule has 0 unspecified atom stereocenters. The minimum absolute atomic E-state index is 0.0436. The van der Waals surface area contributed by atoms with E-state index in [1.165, 1.54) is 19.3 Å². The number of hydrogen-bond donors (Lipinski definition) is 2. The van der Waals surface area contributed by atoms with Crippen LogP contribution in [0, 0.1) is 11.3 Å². The Bertz CT molecular complexity index is 1280. The molecule has 0 spiro atoms. The van der Waals surface area contributed by atoms with E-state index in [0.29, 0.717) is 41.8 Å². The molecule has 1 aliphatic rings. The van der Waals surface area contributed by atoms with Gasteiger partial charge in [-0.05, 0) is 36.8 Å². The Hall–Kier alpha value is -3.90. The van der Waals surface area contributed by atoms with Crippen molar-refractivity contribution in [3.05, 3.63) is 65.1 Å². The predicted molar refractivity (Wildman–Crippen MR) is 128 cm³/mol. The highest BCUT2D eigenvalue weighted by Gasteiger charge is 2.45. The Morgan fingerprint density at radius 3 is 2.91 bits per heavy atom. The van der Waals surface area contributed by atoms with E-state index in [1.807, 2.05) is 42.6 Å². The van der Waals surface area contributed by atoms with Gasteiger partial charge >= 0.3 is 0 Å². The van der Waals surface area contributed by atoms with Crippen molar-refractivity contribution in [2.45, 2.75) is 18.8 Å². The van der Waals surface area contributed by atoms with Crippen molar-refractivity contribution >= 4 is 40.9 Å². The molecule has 0 atom stereocenters. The number of allylic oxidation sites excluding steroid dienone is 1. The summed E-state index contributed by atoms with van der Waals surface area (Å²) in [5.74, 6) is 0.310. The van der Waals surface area contributed by atoms with E-state index in [0.717, 1.165) is 11.3 Å². The van der Waals surface area contributed by atoms with E-state index in [9.17, 15) is 10.1 Å². The maximum atomic E-state index is 11.1. The molecule has 3 N–H and O–H groups in total. The van der Waals surface area contributed by atoms with Crippen LogP contribution < -0.4 is 16.0 Å². The second-order valence-corrected chi connectivity index (χ2v) is 8.43. The van der Waals surface area contributed by atoms with Crippen molar-refractivity contribution in [1.82, 2.24) is 14.6 Å². The van der Waals surface area contributed by atoms with Gasteiger partial charge in [0, 0.05) is 48.6 Å². The number of halogens is 1. The van der Waals surface area contributed by atoms with E-state index >= 15 is 0 Å². The highest BCUT2D eigenvalue weighted by Crippen LogP contribution is 2.41. The van der Waals surface area contributed by atoms with Gasteiger partial charge in [-0.25, -0.2) is 4.52 Å². The lowest BCUT2D eigenvalue weighted by Crippen LogP contribution is -2.59. The molecule has 0 saturated carbocycles. The number of rotatable bonds is 8. The lowest BCUT2D eigenvalue weighted by Gasteiger charge is -2.50. The number of nitrogens with zero attached hydrogens (tertiary/aromatic N) is 6. The summed E-state index contributed by atoms with van der Waals surface area (Å²) in [4.78, 5) is 21.9. The Balaban J connectivity index is 1.56. The van der Waals surface area contributed by atoms with Crippen LogP contribution in [0.2, 0.25) is 5.02 Å². The minimum atomic E-state index is -0.282. The average Bonchev–Trinajstić information content (AvgIpc) is 3.18. The van der Waals surface area contributed by atoms with E-state index in [-0.39, 0.29) is 17.7 Å². The molecule has 3 heterocycles. The van der Waals surface area contributed by atoms with E-state index in [1.54, 1.807) is 4.52 Å². The van der Waals surface area contributed by atoms with Gasteiger partial charge in [-0.2, -0.15) is 10.2 Å². The van der Waals surface area contributed by atoms with E-state index < -0.39 is 0 Å². The molecule has 1 aliphatic heterocycles. The number of fused-ring (bicyclic) bond motifs is 1. The van der Waals surface area contributed by atoms with Gasteiger partial charge < -0.3 is 16.0 Å². The quantitative estimate of drug-likeness (QED) is 0.493. The highest BCUT2D eigenvalue weighted by molar-refractivity contribution is 6.30. The van der Waals surface area contributed by atoms with Gasteiger partial charge in [0.2, 0.25) is 5.95 Å². The molecule has 9 nitrogen and oxygen atoms in total. The minimum Gasteiger partial charge on any atom is -0.403 e. The van der Waals surface area contributed by atoms with E-state index in [4.69, 9.17) is 17.3 Å². The largest absolute Gasteiger partial charge is 0.403 e. The molecule has 0 amide bonds. The van der Waals surface area contributed by atoms with Crippen LogP contribution in [-0.2, 0) is 10.2 Å². The number of aromatic nitrogens is 3. The predicted octanol–water partition coefficient (Wildman–Crippen LogP) is 2.93. The molecular weight excluding hydrogens is 440 g/mol. The zero-order valence-electron chi connectivity index (χ0n) is 18.1. The second-order valence-electron chi connectivity index (χ2n) is 8.00. The lowest BCUT2D eigenvalue weighted by molar-refractivity contribution is -0.115. The number of Topliss-reactive ketones (excluding diaryl/α,β-unsaturated/α-hetero) is 1. The average molecular weight is 463 g/mol. The molecule has 1 aromatic carbocycles. The number of hydrogen-bond acceptors (Lipinski definition) is 8. The van der Waals surface area contributed by atoms with Crippen LogP contribution in [0.25, 0.3) is 5.65 Å². The molecule has 33 heavy (non-hydrogen) atoms. The van der Waals surface area contributed by atoms with E-state index in [2.05, 4.69) is 31.4 Å². The van der Waals surface area contributed by atoms with Crippen molar-refractivity contribution in [3.8, 4) is 6.07 Å². The summed E-state index contributed by atoms with van der Waals surface area (Å²) >= 11 is 6.20. The van der Waals surface area contributed by atoms with Crippen molar-refractivity contribution in [2.24, 2.45) is 10.7 Å². The fraction of sp³-hybridized carbons (Fsp3) is 0.261. The van der Waals surface area contributed by atoms with Gasteiger partial charge in [0.25, 0.3) is 0 Å². The molecule has 168 valence electrons. The molecule has 1 fully saturated rings. The number of benzene rings is 1. The Morgan fingerprint density at radius 1 is 1.39 bits per heavy atom. The summed E-state index contributed by atoms with van der Waals surface area (Å²) in [5.41, 5.74) is 8.50. The van der Waals surface area contributed by atoms with Crippen molar-refractivity contribution in [1.29, 1.82) is 5.26 Å². The first-order valence-electron chi connectivity index (χ1n) is 10.4. The fourth-order valence-corrected chi connectivity index (χ4v) is 4.12. The van der Waals surface area contributed by atoms with Crippen molar-refractivity contribution in [2.75, 3.05) is 29.9 Å². The maximum Gasteiger partial charge on any atom is 0.247 e. The first-order chi connectivity index (χ1) is 15.9. The zero-order chi connectivity index (χ0) is 23.4. The molecule has 4 rings (SSSR count). The van der Waals surface area contributed by atoms with Gasteiger partial charge in [-0.15, -0.1) is 5.10 Å². The molecule has 0 radical (unpaired) electrons. The number of nitriles is 1. The molecular formula is C23H23ClN8O. The Kier molecular flexibility index (Phi) is 6.29. The molecule has 3 aromatic rings. The third-order valence-electron chi connectivity index (χ3n) is 5.50. The van der Waals surface area contributed by atoms with Gasteiger partial charge in [-0.3, -0.25) is 9.79 Å². The molecule has 0 aliphatic carbocycles. The van der Waals surface area contributed by atoms with Crippen LogP contribution in [0.1, 0.15) is 18.9 Å². The topological polar surface area (TPSA) is 125 Å². The monoisotopic (exact) mass is 462 g/mol. The number of ketones is 1. The smallest absolute Gasteiger partial charge is 0.247 e. The maximum absolute atomic E-state index is 11.1. The number of pyridine rings is 1. The SMILES string of the molecule is CC(=O)CN=CC(=CN)Nc1nc2c(N3CC(CC#N)(c4cccc(Cl)c4)C3)cccn2n1. The molecule has 10 heteroatoms. The molecule has 1 saturated heterocycles. The van der Waals surface area contributed by atoms with Crippen LogP contribution in [0.5, 0.6) is 0 Å². The standard InChI is InChI=1S/C23H23ClN8O/c1-16(33)12-27-13-19(11-26)28-22-29-21-20(6-3-9-32(21)30-22)31-14-23(15-31,7-8-25)17-4-2-5-18(24)10-17/h2-6,9-11,13H,7,12,14-15,26H2,1H3,(H,28,30). The number of nitrogens with one attached hydrogen (secondary N) is 1. The van der Waals surface area contributed by atoms with Crippen LogP contribution in [0.3, 0.4) is 0 Å². The van der Waals surface area contributed by atoms with Crippen LogP contribution >= 0.6 is 11.6 Å². The number of carbonyl (C=O) groups is 1. The molecule has 2 aromatic heterocycles. The van der Waals surface area contributed by atoms with Crippen LogP contribution in [0.15, 0.2) is 59.5 Å². The summed E-state index contributed by atoms with van der Waals surface area (Å²) in [5, 5.41) is 17.6. The third kappa shape index (κ3) is 4.66. The summed E-state index contributed by atoms with van der Waals surface area (Å²) in [6.45, 7) is 2.88. The van der Waals surface area contributed by atoms with Gasteiger partial charge in [0.05, 0.1) is 24.0 Å². The van der Waals surface area contributed by atoms with Gasteiger partial charge in [-0.1, -0.05) is 23.7 Å². The summed E-state index contributed by atoms with van der Waals surface area (Å²) in [6.07, 6.45) is 5.03. The van der Waals surface area contributed by atoms with Crippen LogP contribution in [0.4, 0.5) is 11.6 Å². The number of nitrogens with two attached hydrogens (primary N) is 1. The van der Waals surface area contributed by atoms with Crippen LogP contribution in [-0.4, -0.2) is 46.2 Å². The first kappa shape index (κ1) is 22.3. The summed E-state index contributed by atoms with van der Waals surface area (Å²) < 4.78 is 1.68. The summed E-state index contributed by atoms with van der Waals surface area (Å²) in [6, 6.07) is 13.9. The van der Waals surface area contributed by atoms with Crippen molar-refractivity contribution in [3.63, 3.8) is 0 Å². The van der Waals surface area contributed by atoms with Gasteiger partial charge in [0.15, 0.2) is 11.4 Å². The fourth-order valence-electron chi connectivity index (χ4n) is 3.93. The van der Waals surface area contributed by atoms with Crippen molar-refractivity contribution < 1.29 is 4.79 Å². The highest BCUT2D eigenvalue weighted by atomic mass is 35.5. The number of carbonyl (C=O) groups excluding carboxylic acids is 1. The third-order valence-corrected chi connectivity index (χ3v) is 5.74. The number of aliphatic imine (C=N–C) groups is 1. The van der Waals surface area contributed by atoms with Gasteiger partial charge in [0.1, 0.15) is 0 Å². The summed E-state index contributed by atoms with van der Waals surface area (Å²) in [7, 11) is 0. The first-order valence-corrected chi connectivity index (χ1v) is 10.7. The Morgan fingerprint density at radius 2 is 2.21 bits per heavy atom. The molecule has 0 bridgehead atoms. The lowest BCUT2D eigenvalue weighted by atomic mass is 9.71.